The third kappa shape index (κ3) is 2.69. The molecule has 0 aliphatic rings. The van der Waals surface area contributed by atoms with E-state index in [0.717, 1.165) is 5.56 Å². The summed E-state index contributed by atoms with van der Waals surface area (Å²) in [7, 11) is 1.52. The molecule has 1 aromatic heterocycles. The molecule has 0 N–H and O–H groups in total. The molecule has 20 heavy (non-hydrogen) atoms. The number of nitriles is 1. The minimum Gasteiger partial charge on any atom is -0.495 e. The molecular formula is C15H15N3O2. The molecule has 0 saturated heterocycles. The molecule has 0 fully saturated rings. The summed E-state index contributed by atoms with van der Waals surface area (Å²) >= 11 is 0. The average molecular weight is 269 g/mol. The first kappa shape index (κ1) is 13.8. The first-order chi connectivity index (χ1) is 9.55. The first-order valence-corrected chi connectivity index (χ1v) is 6.17. The van der Waals surface area contributed by atoms with Crippen molar-refractivity contribution in [2.45, 2.75) is 20.4 Å². The van der Waals surface area contributed by atoms with Gasteiger partial charge >= 0.3 is 0 Å². The van der Waals surface area contributed by atoms with E-state index in [1.165, 1.54) is 13.2 Å². The van der Waals surface area contributed by atoms with E-state index in [4.69, 9.17) is 10.00 Å². The van der Waals surface area contributed by atoms with Gasteiger partial charge in [0.05, 0.1) is 19.2 Å². The normalized spacial score (nSPS) is 10.1. The lowest BCUT2D eigenvalue weighted by molar-refractivity contribution is 0.413. The standard InChI is InChI=1S/C15H15N3O2/c1-10-6-15(19)18(11(2)17-10)9-12-4-5-14(20-3)13(7-12)8-16/h4-7H,9H2,1-3H3. The Kier molecular flexibility index (Phi) is 3.85. The van der Waals surface area contributed by atoms with Crippen LogP contribution in [0.1, 0.15) is 22.6 Å². The van der Waals surface area contributed by atoms with E-state index in [2.05, 4.69) is 11.1 Å². The minimum atomic E-state index is -0.0932. The zero-order valence-electron chi connectivity index (χ0n) is 11.7. The molecule has 1 heterocycles. The molecule has 0 atom stereocenters. The minimum absolute atomic E-state index is 0.0932. The molecule has 2 aromatic rings. The van der Waals surface area contributed by atoms with Crippen LogP contribution >= 0.6 is 0 Å². The number of rotatable bonds is 3. The number of aromatic nitrogens is 2. The van der Waals surface area contributed by atoms with Crippen LogP contribution in [0.5, 0.6) is 5.75 Å². The van der Waals surface area contributed by atoms with E-state index in [1.54, 1.807) is 30.5 Å². The molecule has 0 saturated carbocycles. The Labute approximate surface area is 117 Å². The van der Waals surface area contributed by atoms with Crippen LogP contribution in [0.2, 0.25) is 0 Å². The van der Waals surface area contributed by atoms with Crippen LogP contribution in [0.15, 0.2) is 29.1 Å². The van der Waals surface area contributed by atoms with Gasteiger partial charge < -0.3 is 4.74 Å². The maximum atomic E-state index is 12.0. The van der Waals surface area contributed by atoms with Crippen molar-refractivity contribution in [3.8, 4) is 11.8 Å². The maximum Gasteiger partial charge on any atom is 0.254 e. The van der Waals surface area contributed by atoms with E-state index >= 15 is 0 Å². The molecule has 0 aliphatic carbocycles. The number of nitrogens with zero attached hydrogens (tertiary/aromatic N) is 3. The predicted octanol–water partition coefficient (Wildman–Crippen LogP) is 1.79. The second kappa shape index (κ2) is 5.57. The van der Waals surface area contributed by atoms with Gasteiger partial charge in [0.15, 0.2) is 0 Å². The number of ether oxygens (including phenoxy) is 1. The van der Waals surface area contributed by atoms with Crippen LogP contribution in [0.4, 0.5) is 0 Å². The second-order valence-corrected chi connectivity index (χ2v) is 4.52. The van der Waals surface area contributed by atoms with Crippen molar-refractivity contribution < 1.29 is 4.74 Å². The van der Waals surface area contributed by atoms with Gasteiger partial charge in [0.1, 0.15) is 17.6 Å². The number of aryl methyl sites for hydroxylation is 2. The number of methoxy groups -OCH3 is 1. The van der Waals surface area contributed by atoms with Gasteiger partial charge in [-0.2, -0.15) is 5.26 Å². The van der Waals surface area contributed by atoms with Gasteiger partial charge in [0, 0.05) is 11.8 Å². The molecule has 0 unspecified atom stereocenters. The molecule has 0 spiro atoms. The van der Waals surface area contributed by atoms with Gasteiger partial charge in [-0.05, 0) is 31.5 Å². The highest BCUT2D eigenvalue weighted by Gasteiger charge is 2.07. The Bertz CT molecular complexity index is 742. The highest BCUT2D eigenvalue weighted by Crippen LogP contribution is 2.19. The summed E-state index contributed by atoms with van der Waals surface area (Å²) in [6.07, 6.45) is 0. The lowest BCUT2D eigenvalue weighted by Crippen LogP contribution is -2.24. The fraction of sp³-hybridized carbons (Fsp3) is 0.267. The molecule has 0 amide bonds. The maximum absolute atomic E-state index is 12.0. The molecule has 5 heteroatoms. The van der Waals surface area contributed by atoms with Crippen molar-refractivity contribution in [2.75, 3.05) is 7.11 Å². The third-order valence-corrected chi connectivity index (χ3v) is 3.05. The first-order valence-electron chi connectivity index (χ1n) is 6.17. The Morgan fingerprint density at radius 1 is 1.35 bits per heavy atom. The van der Waals surface area contributed by atoms with Gasteiger partial charge in [-0.25, -0.2) is 4.98 Å². The van der Waals surface area contributed by atoms with Crippen LogP contribution in [-0.2, 0) is 6.54 Å². The van der Waals surface area contributed by atoms with Gasteiger partial charge in [0.2, 0.25) is 0 Å². The number of hydrogen-bond donors (Lipinski definition) is 0. The summed E-state index contributed by atoms with van der Waals surface area (Å²) in [5.74, 6) is 1.19. The van der Waals surface area contributed by atoms with Crippen LogP contribution in [-0.4, -0.2) is 16.7 Å². The van der Waals surface area contributed by atoms with E-state index < -0.39 is 0 Å². The van der Waals surface area contributed by atoms with Crippen molar-refractivity contribution >= 4 is 0 Å². The molecule has 2 rings (SSSR count). The Morgan fingerprint density at radius 2 is 2.10 bits per heavy atom. The van der Waals surface area contributed by atoms with Crippen molar-refractivity contribution in [3.05, 3.63) is 57.3 Å². The monoisotopic (exact) mass is 269 g/mol. The van der Waals surface area contributed by atoms with Crippen LogP contribution in [0.25, 0.3) is 0 Å². The van der Waals surface area contributed by atoms with E-state index in [0.29, 0.717) is 29.4 Å². The molecule has 5 nitrogen and oxygen atoms in total. The molecule has 1 aromatic carbocycles. The smallest absolute Gasteiger partial charge is 0.254 e. The second-order valence-electron chi connectivity index (χ2n) is 4.52. The number of benzene rings is 1. The van der Waals surface area contributed by atoms with Gasteiger partial charge in [-0.15, -0.1) is 0 Å². The SMILES string of the molecule is COc1ccc(Cn2c(C)nc(C)cc2=O)cc1C#N. The molecule has 102 valence electrons. The highest BCUT2D eigenvalue weighted by molar-refractivity contribution is 5.45. The summed E-state index contributed by atoms with van der Waals surface area (Å²) in [4.78, 5) is 16.3. The van der Waals surface area contributed by atoms with Crippen molar-refractivity contribution in [1.29, 1.82) is 5.26 Å². The highest BCUT2D eigenvalue weighted by atomic mass is 16.5. The number of hydrogen-bond acceptors (Lipinski definition) is 4. The van der Waals surface area contributed by atoms with Crippen molar-refractivity contribution in [1.82, 2.24) is 9.55 Å². The van der Waals surface area contributed by atoms with Crippen molar-refractivity contribution in [3.63, 3.8) is 0 Å². The lowest BCUT2D eigenvalue weighted by atomic mass is 10.1. The summed E-state index contributed by atoms with van der Waals surface area (Å²) < 4.78 is 6.68. The van der Waals surface area contributed by atoms with Crippen molar-refractivity contribution in [2.24, 2.45) is 0 Å². The predicted molar refractivity (Wildman–Crippen MR) is 74.8 cm³/mol. The van der Waals surface area contributed by atoms with E-state index in [9.17, 15) is 4.79 Å². The molecular weight excluding hydrogens is 254 g/mol. The zero-order chi connectivity index (χ0) is 14.7. The Balaban J connectivity index is 2.41. The van der Waals surface area contributed by atoms with E-state index in [-0.39, 0.29) is 5.56 Å². The molecule has 0 aliphatic heterocycles. The third-order valence-electron chi connectivity index (χ3n) is 3.05. The molecule has 0 bridgehead atoms. The summed E-state index contributed by atoms with van der Waals surface area (Å²) in [6.45, 7) is 3.97. The fourth-order valence-electron chi connectivity index (χ4n) is 2.08. The van der Waals surface area contributed by atoms with E-state index in [1.807, 2.05) is 6.07 Å². The van der Waals surface area contributed by atoms with Gasteiger partial charge in [0.25, 0.3) is 5.56 Å². The van der Waals surface area contributed by atoms with Crippen LogP contribution < -0.4 is 10.3 Å². The van der Waals surface area contributed by atoms with Gasteiger partial charge in [-0.1, -0.05) is 6.07 Å². The zero-order valence-corrected chi connectivity index (χ0v) is 11.7. The largest absolute Gasteiger partial charge is 0.495 e. The molecule has 0 radical (unpaired) electrons. The topological polar surface area (TPSA) is 67.9 Å². The van der Waals surface area contributed by atoms with Crippen LogP contribution in [0.3, 0.4) is 0 Å². The Morgan fingerprint density at radius 3 is 2.70 bits per heavy atom. The fourth-order valence-corrected chi connectivity index (χ4v) is 2.08. The lowest BCUT2D eigenvalue weighted by Gasteiger charge is -2.11. The van der Waals surface area contributed by atoms with Gasteiger partial charge in [-0.3, -0.25) is 9.36 Å². The quantitative estimate of drug-likeness (QED) is 0.852. The summed E-state index contributed by atoms with van der Waals surface area (Å²) in [5, 5.41) is 9.07. The summed E-state index contributed by atoms with van der Waals surface area (Å²) in [6, 6.07) is 8.88. The summed E-state index contributed by atoms with van der Waals surface area (Å²) in [5.41, 5.74) is 1.93. The average Bonchev–Trinajstić information content (AvgIpc) is 2.42. The Hall–Kier alpha value is -2.61. The van der Waals surface area contributed by atoms with Crippen LogP contribution in [0, 0.1) is 25.2 Å².